The molecule has 7 nitrogen and oxygen atoms in total. The zero-order valence-electron chi connectivity index (χ0n) is 16.2. The molecule has 1 amide bonds. The number of hydrogen-bond donors (Lipinski definition) is 2. The molecular weight excluding hydrogens is 394 g/mol. The number of furan rings is 1. The third-order valence-electron chi connectivity index (χ3n) is 4.81. The number of aromatic amines is 1. The van der Waals surface area contributed by atoms with Crippen LogP contribution in [0.2, 0.25) is 0 Å². The van der Waals surface area contributed by atoms with Gasteiger partial charge in [0.25, 0.3) is 0 Å². The van der Waals surface area contributed by atoms with E-state index in [0.29, 0.717) is 17.1 Å². The molecule has 0 bridgehead atoms. The second kappa shape index (κ2) is 9.31. The van der Waals surface area contributed by atoms with E-state index in [9.17, 15) is 4.79 Å². The lowest BCUT2D eigenvalue weighted by atomic mass is 10.1. The van der Waals surface area contributed by atoms with Gasteiger partial charge in [0.1, 0.15) is 11.8 Å². The van der Waals surface area contributed by atoms with Crippen LogP contribution in [0.15, 0.2) is 40.3 Å². The topological polar surface area (TPSA) is 79.1 Å². The average Bonchev–Trinajstić information content (AvgIpc) is 3.45. The van der Waals surface area contributed by atoms with Crippen LogP contribution >= 0.6 is 23.6 Å². The fraction of sp³-hybridized carbons (Fsp3) is 0.421. The number of nitrogens with zero attached hydrogens (tertiary/aromatic N) is 3. The number of hydrogen-bond acceptors (Lipinski definition) is 6. The highest BCUT2D eigenvalue weighted by Crippen LogP contribution is 2.26. The SMILES string of the molecule is CCN(CC)C(CNC(=O)C(C)n1c(-c2cccs2)n[nH]c1=S)c1ccco1. The van der Waals surface area contributed by atoms with Gasteiger partial charge in [-0.25, -0.2) is 0 Å². The molecule has 3 aromatic heterocycles. The number of carbonyl (C=O) groups excluding carboxylic acids is 1. The molecule has 2 N–H and O–H groups in total. The molecule has 28 heavy (non-hydrogen) atoms. The van der Waals surface area contributed by atoms with E-state index in [1.807, 2.05) is 36.6 Å². The quantitative estimate of drug-likeness (QED) is 0.512. The van der Waals surface area contributed by atoms with E-state index in [2.05, 4.69) is 34.3 Å². The van der Waals surface area contributed by atoms with Crippen molar-refractivity contribution in [3.63, 3.8) is 0 Å². The van der Waals surface area contributed by atoms with Crippen LogP contribution in [0.25, 0.3) is 10.7 Å². The summed E-state index contributed by atoms with van der Waals surface area (Å²) >= 11 is 6.93. The van der Waals surface area contributed by atoms with Gasteiger partial charge >= 0.3 is 0 Å². The molecule has 0 fully saturated rings. The third kappa shape index (κ3) is 4.26. The maximum absolute atomic E-state index is 12.9. The molecule has 150 valence electrons. The van der Waals surface area contributed by atoms with Gasteiger partial charge in [-0.2, -0.15) is 5.10 Å². The molecular formula is C19H25N5O2S2. The number of nitrogens with one attached hydrogen (secondary N) is 2. The Balaban J connectivity index is 1.76. The highest BCUT2D eigenvalue weighted by atomic mass is 32.1. The van der Waals surface area contributed by atoms with E-state index < -0.39 is 6.04 Å². The first-order chi connectivity index (χ1) is 13.6. The Morgan fingerprint density at radius 1 is 1.39 bits per heavy atom. The molecule has 0 saturated carbocycles. The summed E-state index contributed by atoms with van der Waals surface area (Å²) in [5.74, 6) is 1.41. The fourth-order valence-electron chi connectivity index (χ4n) is 3.26. The maximum Gasteiger partial charge on any atom is 0.243 e. The lowest BCUT2D eigenvalue weighted by Gasteiger charge is -2.28. The lowest BCUT2D eigenvalue weighted by Crippen LogP contribution is -2.40. The first kappa shape index (κ1) is 20.5. The Morgan fingerprint density at radius 3 is 2.79 bits per heavy atom. The van der Waals surface area contributed by atoms with Gasteiger partial charge in [-0.15, -0.1) is 11.3 Å². The molecule has 2 atom stereocenters. The molecule has 0 aromatic carbocycles. The molecule has 0 aliphatic carbocycles. The van der Waals surface area contributed by atoms with E-state index in [1.165, 1.54) is 0 Å². The van der Waals surface area contributed by atoms with Crippen LogP contribution in [0.3, 0.4) is 0 Å². The van der Waals surface area contributed by atoms with Crippen LogP contribution in [-0.4, -0.2) is 45.2 Å². The number of amides is 1. The van der Waals surface area contributed by atoms with Gasteiger partial charge in [0.2, 0.25) is 5.91 Å². The van der Waals surface area contributed by atoms with Gasteiger partial charge < -0.3 is 9.73 Å². The van der Waals surface area contributed by atoms with Crippen molar-refractivity contribution < 1.29 is 9.21 Å². The van der Waals surface area contributed by atoms with E-state index in [4.69, 9.17) is 16.6 Å². The van der Waals surface area contributed by atoms with Gasteiger partial charge in [0.15, 0.2) is 10.6 Å². The molecule has 2 unspecified atom stereocenters. The van der Waals surface area contributed by atoms with E-state index >= 15 is 0 Å². The zero-order chi connectivity index (χ0) is 20.1. The predicted molar refractivity (Wildman–Crippen MR) is 113 cm³/mol. The number of H-pyrrole nitrogens is 1. The molecule has 3 aromatic rings. The minimum Gasteiger partial charge on any atom is -0.468 e. The normalized spacial score (nSPS) is 13.6. The second-order valence-electron chi connectivity index (χ2n) is 6.37. The van der Waals surface area contributed by atoms with Gasteiger partial charge in [-0.05, 0) is 55.8 Å². The Morgan fingerprint density at radius 2 is 2.18 bits per heavy atom. The average molecular weight is 420 g/mol. The Hall–Kier alpha value is -2.23. The highest BCUT2D eigenvalue weighted by Gasteiger charge is 2.25. The third-order valence-corrected chi connectivity index (χ3v) is 5.96. The van der Waals surface area contributed by atoms with Crippen molar-refractivity contribution >= 4 is 29.5 Å². The van der Waals surface area contributed by atoms with Crippen molar-refractivity contribution in [2.24, 2.45) is 0 Å². The van der Waals surface area contributed by atoms with Crippen molar-refractivity contribution in [1.29, 1.82) is 0 Å². The van der Waals surface area contributed by atoms with Crippen molar-refractivity contribution in [2.75, 3.05) is 19.6 Å². The van der Waals surface area contributed by atoms with E-state index in [1.54, 1.807) is 22.2 Å². The second-order valence-corrected chi connectivity index (χ2v) is 7.71. The lowest BCUT2D eigenvalue weighted by molar-refractivity contribution is -0.124. The largest absolute Gasteiger partial charge is 0.468 e. The van der Waals surface area contributed by atoms with E-state index in [0.717, 1.165) is 23.7 Å². The molecule has 3 rings (SSSR count). The summed E-state index contributed by atoms with van der Waals surface area (Å²) in [5.41, 5.74) is 0. The molecule has 0 aliphatic heterocycles. The Kier molecular flexibility index (Phi) is 6.82. The Labute approximate surface area is 173 Å². The first-order valence-corrected chi connectivity index (χ1v) is 10.6. The van der Waals surface area contributed by atoms with Gasteiger partial charge in [0.05, 0.1) is 17.2 Å². The fourth-order valence-corrected chi connectivity index (χ4v) is 4.26. The summed E-state index contributed by atoms with van der Waals surface area (Å²) in [4.78, 5) is 16.1. The van der Waals surface area contributed by atoms with Crippen molar-refractivity contribution in [1.82, 2.24) is 25.0 Å². The summed E-state index contributed by atoms with van der Waals surface area (Å²) in [6.07, 6.45) is 1.66. The monoisotopic (exact) mass is 419 g/mol. The molecule has 0 radical (unpaired) electrons. The molecule has 9 heteroatoms. The van der Waals surface area contributed by atoms with Crippen LogP contribution < -0.4 is 5.32 Å². The maximum atomic E-state index is 12.9. The van der Waals surface area contributed by atoms with Crippen LogP contribution in [-0.2, 0) is 4.79 Å². The van der Waals surface area contributed by atoms with Crippen LogP contribution in [0.5, 0.6) is 0 Å². The molecule has 0 aliphatic rings. The number of carbonyl (C=O) groups is 1. The van der Waals surface area contributed by atoms with Gasteiger partial charge in [0, 0.05) is 6.54 Å². The summed E-state index contributed by atoms with van der Waals surface area (Å²) in [6, 6.07) is 7.22. The summed E-state index contributed by atoms with van der Waals surface area (Å²) < 4.78 is 7.79. The van der Waals surface area contributed by atoms with Gasteiger partial charge in [-0.3, -0.25) is 19.4 Å². The first-order valence-electron chi connectivity index (χ1n) is 9.32. The minimum atomic E-state index is -0.489. The van der Waals surface area contributed by atoms with Crippen LogP contribution in [0.1, 0.15) is 38.6 Å². The standard InChI is InChI=1S/C19H25N5O2S2/c1-4-23(5-2)14(15-8-6-10-26-15)12-20-18(25)13(3)24-17(21-22-19(24)27)16-9-7-11-28-16/h6-11,13-14H,4-5,12H2,1-3H3,(H,20,25)(H,22,27). The molecule has 0 spiro atoms. The van der Waals surface area contributed by atoms with Crippen molar-refractivity contribution in [3.05, 3.63) is 46.4 Å². The Bertz CT molecular complexity index is 926. The number of aromatic nitrogens is 3. The zero-order valence-corrected chi connectivity index (χ0v) is 17.8. The number of likely N-dealkylation sites (N-methyl/N-ethyl adjacent to an activating group) is 1. The van der Waals surface area contributed by atoms with E-state index in [-0.39, 0.29) is 11.9 Å². The van der Waals surface area contributed by atoms with Crippen LogP contribution in [0.4, 0.5) is 0 Å². The number of thiophene rings is 1. The summed E-state index contributed by atoms with van der Waals surface area (Å²) in [5, 5.41) is 12.1. The van der Waals surface area contributed by atoms with Gasteiger partial charge in [-0.1, -0.05) is 19.9 Å². The molecule has 0 saturated heterocycles. The predicted octanol–water partition coefficient (Wildman–Crippen LogP) is 4.02. The smallest absolute Gasteiger partial charge is 0.243 e. The van der Waals surface area contributed by atoms with Crippen LogP contribution in [0, 0.1) is 4.77 Å². The van der Waals surface area contributed by atoms with Crippen molar-refractivity contribution in [3.8, 4) is 10.7 Å². The van der Waals surface area contributed by atoms with Crippen molar-refractivity contribution in [2.45, 2.75) is 32.9 Å². The molecule has 3 heterocycles. The highest BCUT2D eigenvalue weighted by molar-refractivity contribution is 7.71. The summed E-state index contributed by atoms with van der Waals surface area (Å²) in [6.45, 7) is 8.21. The minimum absolute atomic E-state index is 0.0183. The summed E-state index contributed by atoms with van der Waals surface area (Å²) in [7, 11) is 0. The number of rotatable bonds is 9.